The lowest BCUT2D eigenvalue weighted by molar-refractivity contribution is -0.127. The van der Waals surface area contributed by atoms with Crippen LogP contribution < -0.4 is 5.48 Å². The van der Waals surface area contributed by atoms with Crippen LogP contribution >= 0.6 is 47.8 Å². The lowest BCUT2D eigenvalue weighted by atomic mass is 10.2. The van der Waals surface area contributed by atoms with Crippen LogP contribution in [0.2, 0.25) is 0 Å². The predicted octanol–water partition coefficient (Wildman–Crippen LogP) is 2.59. The molecule has 0 spiro atoms. The molecule has 0 saturated heterocycles. The average Bonchev–Trinajstić information content (AvgIpc) is 2.31. The van der Waals surface area contributed by atoms with Crippen LogP contribution in [0.5, 0.6) is 11.5 Å². The minimum absolute atomic E-state index is 0.00871. The Morgan fingerprint density at radius 1 is 1.06 bits per heavy atom. The summed E-state index contributed by atoms with van der Waals surface area (Å²) in [6, 6.07) is 0. The summed E-state index contributed by atoms with van der Waals surface area (Å²) >= 11 is 8.92. The first kappa shape index (κ1) is 15.3. The number of phenols is 2. The number of hydrogen-bond donors (Lipinski definition) is 3. The fourth-order valence-corrected chi connectivity index (χ4v) is 3.30. The van der Waals surface area contributed by atoms with Crippen molar-refractivity contribution in [3.63, 3.8) is 0 Å². The van der Waals surface area contributed by atoms with Crippen molar-refractivity contribution in [2.45, 2.75) is 6.92 Å². The standard InChI is InChI=1S/C9H6Br3NO5/c1-2(14)13-18-9(17)3-4(10)7(15)6(12)8(16)5(3)11/h15-16H,1H3,(H,13,14). The average molecular weight is 448 g/mol. The van der Waals surface area contributed by atoms with Crippen molar-refractivity contribution >= 4 is 59.7 Å². The molecule has 1 rings (SSSR count). The number of rotatable bonds is 1. The minimum atomic E-state index is -0.956. The Hall–Kier alpha value is -0.800. The summed E-state index contributed by atoms with van der Waals surface area (Å²) in [6.07, 6.45) is 0. The Morgan fingerprint density at radius 3 is 1.89 bits per heavy atom. The van der Waals surface area contributed by atoms with E-state index in [0.29, 0.717) is 0 Å². The summed E-state index contributed by atoms with van der Waals surface area (Å²) in [5.74, 6) is -2.26. The Kier molecular flexibility index (Phi) is 5.00. The van der Waals surface area contributed by atoms with Gasteiger partial charge in [0.2, 0.25) is 5.91 Å². The first-order valence-electron chi connectivity index (χ1n) is 4.33. The van der Waals surface area contributed by atoms with Gasteiger partial charge in [-0.15, -0.1) is 0 Å². The van der Waals surface area contributed by atoms with Crippen LogP contribution in [0.4, 0.5) is 0 Å². The molecule has 0 aliphatic heterocycles. The van der Waals surface area contributed by atoms with Crippen molar-refractivity contribution in [1.29, 1.82) is 0 Å². The Bertz CT molecular complexity index is 502. The third kappa shape index (κ3) is 2.96. The van der Waals surface area contributed by atoms with Crippen molar-refractivity contribution < 1.29 is 24.6 Å². The molecular formula is C9H6Br3NO5. The van der Waals surface area contributed by atoms with E-state index in [1.807, 2.05) is 5.48 Å². The van der Waals surface area contributed by atoms with Gasteiger partial charge in [0.1, 0.15) is 16.0 Å². The van der Waals surface area contributed by atoms with Gasteiger partial charge in [-0.1, -0.05) is 0 Å². The highest BCUT2D eigenvalue weighted by Crippen LogP contribution is 2.46. The molecule has 0 heterocycles. The second-order valence-corrected chi connectivity index (χ2v) is 5.44. The molecule has 9 heteroatoms. The zero-order valence-corrected chi connectivity index (χ0v) is 13.5. The van der Waals surface area contributed by atoms with Gasteiger partial charge < -0.3 is 15.1 Å². The minimum Gasteiger partial charge on any atom is -0.505 e. The van der Waals surface area contributed by atoms with Crippen LogP contribution in [0.1, 0.15) is 17.3 Å². The van der Waals surface area contributed by atoms with Crippen molar-refractivity contribution in [2.75, 3.05) is 0 Å². The van der Waals surface area contributed by atoms with Crippen LogP contribution in [0.15, 0.2) is 13.4 Å². The van der Waals surface area contributed by atoms with E-state index in [1.165, 1.54) is 0 Å². The normalized spacial score (nSPS) is 10.0. The molecule has 1 aromatic carbocycles. The van der Waals surface area contributed by atoms with E-state index >= 15 is 0 Å². The molecular weight excluding hydrogens is 442 g/mol. The molecule has 0 aromatic heterocycles. The maximum absolute atomic E-state index is 11.7. The number of aromatic hydroxyl groups is 2. The van der Waals surface area contributed by atoms with Crippen molar-refractivity contribution in [3.05, 3.63) is 19.0 Å². The van der Waals surface area contributed by atoms with E-state index in [4.69, 9.17) is 0 Å². The maximum Gasteiger partial charge on any atom is 0.365 e. The molecule has 3 N–H and O–H groups in total. The second-order valence-electron chi connectivity index (χ2n) is 3.06. The molecule has 0 radical (unpaired) electrons. The smallest absolute Gasteiger partial charge is 0.365 e. The quantitative estimate of drug-likeness (QED) is 0.575. The third-order valence-electron chi connectivity index (χ3n) is 1.76. The van der Waals surface area contributed by atoms with Gasteiger partial charge in [0, 0.05) is 6.92 Å². The summed E-state index contributed by atoms with van der Waals surface area (Å²) in [7, 11) is 0. The van der Waals surface area contributed by atoms with Gasteiger partial charge in [-0.2, -0.15) is 5.48 Å². The van der Waals surface area contributed by atoms with Gasteiger partial charge in [-0.05, 0) is 47.8 Å². The van der Waals surface area contributed by atoms with Gasteiger partial charge in [-0.25, -0.2) is 4.79 Å². The van der Waals surface area contributed by atoms with E-state index in [-0.39, 0.29) is 30.5 Å². The highest BCUT2D eigenvalue weighted by atomic mass is 79.9. The highest BCUT2D eigenvalue weighted by molar-refractivity contribution is 9.11. The third-order valence-corrected chi connectivity index (χ3v) is 4.06. The molecule has 0 aliphatic carbocycles. The van der Waals surface area contributed by atoms with Crippen LogP contribution in [0, 0.1) is 0 Å². The Morgan fingerprint density at radius 2 is 1.50 bits per heavy atom. The van der Waals surface area contributed by atoms with Crippen LogP contribution in [-0.2, 0) is 9.63 Å². The Labute approximate surface area is 127 Å². The highest BCUT2D eigenvalue weighted by Gasteiger charge is 2.25. The van der Waals surface area contributed by atoms with E-state index in [1.54, 1.807) is 0 Å². The first-order valence-corrected chi connectivity index (χ1v) is 6.71. The number of benzene rings is 1. The van der Waals surface area contributed by atoms with Gasteiger partial charge in [0.05, 0.1) is 14.5 Å². The summed E-state index contributed by atoms with van der Waals surface area (Å²) in [5.41, 5.74) is 1.68. The molecule has 0 fully saturated rings. The summed E-state index contributed by atoms with van der Waals surface area (Å²) < 4.78 is 0.0288. The summed E-state index contributed by atoms with van der Waals surface area (Å²) in [4.78, 5) is 26.8. The molecule has 0 unspecified atom stereocenters. The molecule has 0 bridgehead atoms. The number of hydrogen-bond acceptors (Lipinski definition) is 5. The molecule has 1 amide bonds. The molecule has 1 aromatic rings. The van der Waals surface area contributed by atoms with Gasteiger partial charge in [-0.3, -0.25) is 4.79 Å². The number of phenolic OH excluding ortho intramolecular Hbond substituents is 2. The fourth-order valence-electron chi connectivity index (χ4n) is 0.986. The SMILES string of the molecule is CC(=O)NOC(=O)c1c(Br)c(O)c(Br)c(O)c1Br. The second kappa shape index (κ2) is 5.89. The van der Waals surface area contributed by atoms with Gasteiger partial charge >= 0.3 is 5.97 Å². The number of nitrogens with one attached hydrogen (secondary N) is 1. The first-order chi connectivity index (χ1) is 8.27. The molecule has 98 valence electrons. The Balaban J connectivity index is 3.24. The maximum atomic E-state index is 11.7. The number of carbonyl (C=O) groups is 2. The fraction of sp³-hybridized carbons (Fsp3) is 0.111. The van der Waals surface area contributed by atoms with E-state index < -0.39 is 11.9 Å². The number of carbonyl (C=O) groups excluding carboxylic acids is 2. The number of halogens is 3. The van der Waals surface area contributed by atoms with E-state index in [2.05, 4.69) is 52.6 Å². The molecule has 6 nitrogen and oxygen atoms in total. The van der Waals surface area contributed by atoms with Crippen molar-refractivity contribution in [2.24, 2.45) is 0 Å². The van der Waals surface area contributed by atoms with Gasteiger partial charge in [0.25, 0.3) is 0 Å². The topological polar surface area (TPSA) is 95.9 Å². The monoisotopic (exact) mass is 445 g/mol. The van der Waals surface area contributed by atoms with Crippen LogP contribution in [0.3, 0.4) is 0 Å². The lowest BCUT2D eigenvalue weighted by Crippen LogP contribution is -2.24. The zero-order valence-electron chi connectivity index (χ0n) is 8.75. The van der Waals surface area contributed by atoms with Gasteiger partial charge in [0.15, 0.2) is 0 Å². The number of amides is 1. The zero-order chi connectivity index (χ0) is 14.0. The largest absolute Gasteiger partial charge is 0.505 e. The van der Waals surface area contributed by atoms with E-state index in [9.17, 15) is 19.8 Å². The number of hydroxylamine groups is 1. The molecule has 0 saturated carbocycles. The summed E-state index contributed by atoms with van der Waals surface area (Å²) in [6.45, 7) is 1.16. The lowest BCUT2D eigenvalue weighted by Gasteiger charge is -2.11. The van der Waals surface area contributed by atoms with Crippen molar-refractivity contribution in [3.8, 4) is 11.5 Å². The molecule has 0 atom stereocenters. The molecule has 0 aliphatic rings. The predicted molar refractivity (Wildman–Crippen MR) is 72.1 cm³/mol. The van der Waals surface area contributed by atoms with Crippen LogP contribution in [0.25, 0.3) is 0 Å². The van der Waals surface area contributed by atoms with E-state index in [0.717, 1.165) is 6.92 Å². The van der Waals surface area contributed by atoms with Crippen LogP contribution in [-0.4, -0.2) is 22.1 Å². The summed E-state index contributed by atoms with van der Waals surface area (Å²) in [5, 5.41) is 19.3. The van der Waals surface area contributed by atoms with Crippen molar-refractivity contribution in [1.82, 2.24) is 5.48 Å². The molecule has 18 heavy (non-hydrogen) atoms.